The minimum atomic E-state index is -1.14. The van der Waals surface area contributed by atoms with Crippen LogP contribution in [0.1, 0.15) is 13.3 Å². The Balaban J connectivity index is 2.54. The molecule has 16 heavy (non-hydrogen) atoms. The quantitative estimate of drug-likeness (QED) is 0.533. The molecule has 0 N–H and O–H groups in total. The summed E-state index contributed by atoms with van der Waals surface area (Å²) in [6, 6.07) is 0. The highest BCUT2D eigenvalue weighted by Crippen LogP contribution is 2.55. The molecule has 6 heteroatoms. The van der Waals surface area contributed by atoms with Crippen LogP contribution in [0.2, 0.25) is 0 Å². The number of halogens is 2. The van der Waals surface area contributed by atoms with Gasteiger partial charge in [0.15, 0.2) is 4.32 Å². The maximum absolute atomic E-state index is 11.8. The number of ether oxygens (including phenoxy) is 2. The van der Waals surface area contributed by atoms with Gasteiger partial charge in [0, 0.05) is 10.9 Å². The molecule has 1 aliphatic carbocycles. The van der Waals surface area contributed by atoms with E-state index in [1.165, 1.54) is 7.11 Å². The standard InChI is InChI=1S/C10H10Br2O4/c1-9(7(13)15-2)4-6-5(11)3-10(9,12)8(14)16-6/h3,6H,4H2,1-2H3. The zero-order valence-corrected chi connectivity index (χ0v) is 11.9. The number of hydrogen-bond donors (Lipinski definition) is 0. The molecule has 1 fully saturated rings. The number of rotatable bonds is 1. The Hall–Kier alpha value is -0.360. The maximum atomic E-state index is 11.8. The molecule has 0 radical (unpaired) electrons. The minimum absolute atomic E-state index is 0.393. The number of carbonyl (C=O) groups is 2. The molecule has 0 saturated carbocycles. The van der Waals surface area contributed by atoms with Crippen LogP contribution in [0.25, 0.3) is 0 Å². The van der Waals surface area contributed by atoms with Gasteiger partial charge in [0.25, 0.3) is 0 Å². The summed E-state index contributed by atoms with van der Waals surface area (Å²) in [5.41, 5.74) is -0.932. The lowest BCUT2D eigenvalue weighted by atomic mass is 9.67. The van der Waals surface area contributed by atoms with Gasteiger partial charge >= 0.3 is 11.9 Å². The normalized spacial score (nSPS) is 41.4. The lowest BCUT2D eigenvalue weighted by molar-refractivity contribution is -0.176. The number of fused-ring (bicyclic) bond motifs is 2. The van der Waals surface area contributed by atoms with Gasteiger partial charge in [-0.05, 0) is 13.0 Å². The molecule has 2 bridgehead atoms. The van der Waals surface area contributed by atoms with Crippen LogP contribution in [-0.2, 0) is 19.1 Å². The van der Waals surface area contributed by atoms with Crippen molar-refractivity contribution in [2.45, 2.75) is 23.8 Å². The summed E-state index contributed by atoms with van der Waals surface area (Å²) in [6.45, 7) is 1.71. The monoisotopic (exact) mass is 352 g/mol. The van der Waals surface area contributed by atoms with Gasteiger partial charge in [-0.15, -0.1) is 0 Å². The van der Waals surface area contributed by atoms with Crippen LogP contribution < -0.4 is 0 Å². The molecule has 0 aromatic heterocycles. The molecule has 0 amide bonds. The molecule has 3 rings (SSSR count). The smallest absolute Gasteiger partial charge is 0.328 e. The van der Waals surface area contributed by atoms with E-state index in [1.54, 1.807) is 13.0 Å². The van der Waals surface area contributed by atoms with Crippen LogP contribution in [0.15, 0.2) is 10.6 Å². The van der Waals surface area contributed by atoms with Crippen molar-refractivity contribution in [3.8, 4) is 0 Å². The van der Waals surface area contributed by atoms with Crippen LogP contribution in [-0.4, -0.2) is 29.5 Å². The fraction of sp³-hybridized carbons (Fsp3) is 0.600. The van der Waals surface area contributed by atoms with Crippen molar-refractivity contribution in [3.05, 3.63) is 10.6 Å². The van der Waals surface area contributed by atoms with Gasteiger partial charge in [-0.3, -0.25) is 9.59 Å². The minimum Gasteiger partial charge on any atom is -0.469 e. The van der Waals surface area contributed by atoms with Gasteiger partial charge in [0.1, 0.15) is 6.10 Å². The first-order chi connectivity index (χ1) is 7.35. The molecule has 0 aromatic carbocycles. The zero-order chi connectivity index (χ0) is 12.1. The molecule has 3 atom stereocenters. The van der Waals surface area contributed by atoms with Crippen LogP contribution in [0.4, 0.5) is 0 Å². The highest BCUT2D eigenvalue weighted by Gasteiger charge is 2.65. The van der Waals surface area contributed by atoms with Crippen molar-refractivity contribution in [1.82, 2.24) is 0 Å². The highest BCUT2D eigenvalue weighted by atomic mass is 79.9. The Morgan fingerprint density at radius 2 is 2.31 bits per heavy atom. The molecular formula is C10H10Br2O4. The Bertz CT molecular complexity index is 406. The third kappa shape index (κ3) is 1.32. The van der Waals surface area contributed by atoms with E-state index in [1.807, 2.05) is 0 Å². The largest absolute Gasteiger partial charge is 0.469 e. The molecule has 3 unspecified atom stereocenters. The molecular weight excluding hydrogens is 344 g/mol. The molecule has 0 aromatic rings. The van der Waals surface area contributed by atoms with Crippen LogP contribution in [0.3, 0.4) is 0 Å². The molecule has 2 heterocycles. The number of alkyl halides is 1. The predicted octanol–water partition coefficient (Wildman–Crippen LogP) is 1.91. The first kappa shape index (κ1) is 12.1. The van der Waals surface area contributed by atoms with E-state index in [0.717, 1.165) is 4.48 Å². The second-order valence-corrected chi connectivity index (χ2v) is 6.33. The summed E-state index contributed by atoms with van der Waals surface area (Å²) in [5, 5.41) is 0. The summed E-state index contributed by atoms with van der Waals surface area (Å²) >= 11 is 6.65. The highest BCUT2D eigenvalue weighted by molar-refractivity contribution is 9.12. The summed E-state index contributed by atoms with van der Waals surface area (Å²) < 4.78 is 9.60. The summed E-state index contributed by atoms with van der Waals surface area (Å²) in [7, 11) is 1.32. The lowest BCUT2D eigenvalue weighted by Gasteiger charge is -2.49. The molecule has 3 aliphatic rings. The third-order valence-electron chi connectivity index (χ3n) is 3.22. The molecule has 0 spiro atoms. The van der Waals surface area contributed by atoms with Crippen LogP contribution >= 0.6 is 31.9 Å². The molecule has 4 nitrogen and oxygen atoms in total. The van der Waals surface area contributed by atoms with E-state index >= 15 is 0 Å². The molecule has 1 saturated heterocycles. The van der Waals surface area contributed by atoms with E-state index in [9.17, 15) is 9.59 Å². The molecule has 88 valence electrons. The van der Waals surface area contributed by atoms with Crippen molar-refractivity contribution in [2.24, 2.45) is 5.41 Å². The van der Waals surface area contributed by atoms with Crippen molar-refractivity contribution in [2.75, 3.05) is 7.11 Å². The average Bonchev–Trinajstić information content (AvgIpc) is 2.22. The second kappa shape index (κ2) is 3.57. The number of methoxy groups -OCH3 is 1. The average molecular weight is 354 g/mol. The van der Waals surface area contributed by atoms with Gasteiger partial charge in [-0.2, -0.15) is 0 Å². The van der Waals surface area contributed by atoms with Gasteiger partial charge in [0.05, 0.1) is 12.5 Å². The van der Waals surface area contributed by atoms with E-state index < -0.39 is 27.8 Å². The Morgan fingerprint density at radius 3 is 2.88 bits per heavy atom. The van der Waals surface area contributed by atoms with Crippen molar-refractivity contribution in [3.63, 3.8) is 0 Å². The van der Waals surface area contributed by atoms with E-state index in [2.05, 4.69) is 31.9 Å². The van der Waals surface area contributed by atoms with Gasteiger partial charge in [0.2, 0.25) is 0 Å². The molecule has 2 aliphatic heterocycles. The van der Waals surface area contributed by atoms with Crippen LogP contribution in [0.5, 0.6) is 0 Å². The maximum Gasteiger partial charge on any atom is 0.328 e. The number of hydrogen-bond acceptors (Lipinski definition) is 4. The van der Waals surface area contributed by atoms with Gasteiger partial charge in [-0.25, -0.2) is 0 Å². The fourth-order valence-corrected chi connectivity index (χ4v) is 3.68. The van der Waals surface area contributed by atoms with Gasteiger partial charge < -0.3 is 9.47 Å². The lowest BCUT2D eigenvalue weighted by Crippen LogP contribution is -2.61. The first-order valence-corrected chi connectivity index (χ1v) is 6.30. The fourth-order valence-electron chi connectivity index (χ4n) is 2.11. The SMILES string of the molecule is COC(=O)C1(C)CC2OC(=O)C1(Br)C=C2Br. The van der Waals surface area contributed by atoms with E-state index in [4.69, 9.17) is 9.47 Å². The predicted molar refractivity (Wildman–Crippen MR) is 63.3 cm³/mol. The Labute approximate surface area is 110 Å². The van der Waals surface area contributed by atoms with Gasteiger partial charge in [-0.1, -0.05) is 31.9 Å². The zero-order valence-electron chi connectivity index (χ0n) is 8.75. The van der Waals surface area contributed by atoms with Crippen molar-refractivity contribution in [1.29, 1.82) is 0 Å². The summed E-state index contributed by atoms with van der Waals surface area (Å²) in [5.74, 6) is -0.859. The van der Waals surface area contributed by atoms with Crippen molar-refractivity contribution >= 4 is 43.8 Å². The number of esters is 2. The first-order valence-electron chi connectivity index (χ1n) is 4.72. The Kier molecular flexibility index (Phi) is 2.70. The Morgan fingerprint density at radius 1 is 1.69 bits per heavy atom. The van der Waals surface area contributed by atoms with Crippen LogP contribution in [0, 0.1) is 5.41 Å². The van der Waals surface area contributed by atoms with E-state index in [0.29, 0.717) is 6.42 Å². The topological polar surface area (TPSA) is 52.6 Å². The third-order valence-corrected chi connectivity index (χ3v) is 5.39. The number of carbonyl (C=O) groups excluding carboxylic acids is 2. The second-order valence-electron chi connectivity index (χ2n) is 4.16. The van der Waals surface area contributed by atoms with Crippen molar-refractivity contribution < 1.29 is 19.1 Å². The summed E-state index contributed by atoms with van der Waals surface area (Å²) in [4.78, 5) is 23.6. The van der Waals surface area contributed by atoms with E-state index in [-0.39, 0.29) is 0 Å². The summed E-state index contributed by atoms with van der Waals surface area (Å²) in [6.07, 6.45) is 1.70.